The molecule has 0 radical (unpaired) electrons. The first-order valence-electron chi connectivity index (χ1n) is 4.48. The van der Waals surface area contributed by atoms with E-state index >= 15 is 0 Å². The van der Waals surface area contributed by atoms with Gasteiger partial charge in [-0.05, 0) is 6.07 Å². The van der Waals surface area contributed by atoms with E-state index in [-0.39, 0.29) is 0 Å². The molecule has 1 amide bonds. The summed E-state index contributed by atoms with van der Waals surface area (Å²) >= 11 is 0. The molecule has 0 saturated carbocycles. The number of nitrogens with zero attached hydrogens (tertiary/aromatic N) is 3. The highest BCUT2D eigenvalue weighted by Gasteiger charge is 2.05. The summed E-state index contributed by atoms with van der Waals surface area (Å²) in [6.07, 6.45) is 4.52. The molecular formula is C9H10N6O. The van der Waals surface area contributed by atoms with E-state index in [1.165, 1.54) is 17.1 Å². The lowest BCUT2D eigenvalue weighted by atomic mass is 10.3. The van der Waals surface area contributed by atoms with E-state index in [0.717, 1.165) is 5.69 Å². The van der Waals surface area contributed by atoms with Crippen molar-refractivity contribution in [3.05, 3.63) is 36.3 Å². The van der Waals surface area contributed by atoms with Gasteiger partial charge < -0.3 is 11.2 Å². The number of rotatable bonds is 3. The van der Waals surface area contributed by atoms with Crippen LogP contribution in [0.25, 0.3) is 5.69 Å². The van der Waals surface area contributed by atoms with Crippen LogP contribution in [-0.4, -0.2) is 20.7 Å². The Hall–Kier alpha value is -2.41. The first-order valence-corrected chi connectivity index (χ1v) is 4.48. The maximum absolute atomic E-state index is 10.9. The topological polar surface area (TPSA) is 112 Å². The Kier molecular flexibility index (Phi) is 2.52. The average Bonchev–Trinajstić information content (AvgIpc) is 2.78. The summed E-state index contributed by atoms with van der Waals surface area (Å²) in [5.41, 5.74) is 8.63. The number of anilines is 1. The summed E-state index contributed by atoms with van der Waals surface area (Å²) in [5.74, 6) is 5.23. The molecule has 7 heteroatoms. The highest BCUT2D eigenvalue weighted by atomic mass is 16.1. The molecule has 2 aromatic heterocycles. The Balaban J connectivity index is 2.38. The summed E-state index contributed by atoms with van der Waals surface area (Å²) in [7, 11) is 0. The SMILES string of the molecule is NNc1cc(-n2cc(C(N)=O)cn2)ccn1. The van der Waals surface area contributed by atoms with Gasteiger partial charge in [-0.15, -0.1) is 0 Å². The van der Waals surface area contributed by atoms with Crippen LogP contribution < -0.4 is 17.0 Å². The number of hydrogen-bond acceptors (Lipinski definition) is 5. The molecule has 2 rings (SSSR count). The molecule has 0 atom stereocenters. The lowest BCUT2D eigenvalue weighted by molar-refractivity contribution is 0.100. The fourth-order valence-corrected chi connectivity index (χ4v) is 1.23. The van der Waals surface area contributed by atoms with E-state index < -0.39 is 5.91 Å². The molecule has 0 aromatic carbocycles. The number of primary amides is 1. The molecule has 2 aromatic rings. The van der Waals surface area contributed by atoms with Crippen LogP contribution in [-0.2, 0) is 0 Å². The molecule has 5 N–H and O–H groups in total. The van der Waals surface area contributed by atoms with Gasteiger partial charge in [0.25, 0.3) is 5.91 Å². The van der Waals surface area contributed by atoms with Crippen LogP contribution in [0.4, 0.5) is 5.82 Å². The molecule has 0 saturated heterocycles. The fourth-order valence-electron chi connectivity index (χ4n) is 1.23. The quantitative estimate of drug-likeness (QED) is 0.481. The fraction of sp³-hybridized carbons (Fsp3) is 0. The zero-order valence-electron chi connectivity index (χ0n) is 8.29. The second kappa shape index (κ2) is 3.99. The molecule has 2 heterocycles. The van der Waals surface area contributed by atoms with Crippen molar-refractivity contribution in [2.75, 3.05) is 5.43 Å². The van der Waals surface area contributed by atoms with Gasteiger partial charge in [-0.1, -0.05) is 0 Å². The highest BCUT2D eigenvalue weighted by Crippen LogP contribution is 2.10. The lowest BCUT2D eigenvalue weighted by Crippen LogP contribution is -2.10. The predicted octanol–water partition coefficient (Wildman–Crippen LogP) is -0.348. The van der Waals surface area contributed by atoms with Crippen molar-refractivity contribution >= 4 is 11.7 Å². The normalized spacial score (nSPS) is 10.1. The van der Waals surface area contributed by atoms with Gasteiger partial charge in [0.1, 0.15) is 5.82 Å². The largest absolute Gasteiger partial charge is 0.366 e. The minimum atomic E-state index is -0.516. The molecule has 0 bridgehead atoms. The molecule has 0 aliphatic heterocycles. The minimum Gasteiger partial charge on any atom is -0.366 e. The summed E-state index contributed by atoms with van der Waals surface area (Å²) in [6, 6.07) is 3.43. The van der Waals surface area contributed by atoms with Gasteiger partial charge in [0.2, 0.25) is 0 Å². The van der Waals surface area contributed by atoms with Crippen LogP contribution in [0.1, 0.15) is 10.4 Å². The number of carbonyl (C=O) groups is 1. The molecule has 0 spiro atoms. The highest BCUT2D eigenvalue weighted by molar-refractivity contribution is 5.92. The third-order valence-corrected chi connectivity index (χ3v) is 2.02. The summed E-state index contributed by atoms with van der Waals surface area (Å²) in [6.45, 7) is 0. The number of nitrogens with two attached hydrogens (primary N) is 2. The second-order valence-corrected chi connectivity index (χ2v) is 3.08. The van der Waals surface area contributed by atoms with Gasteiger partial charge in [-0.3, -0.25) is 4.79 Å². The smallest absolute Gasteiger partial charge is 0.251 e. The average molecular weight is 218 g/mol. The Bertz CT molecular complexity index is 520. The van der Waals surface area contributed by atoms with Crippen LogP contribution in [0, 0.1) is 0 Å². The van der Waals surface area contributed by atoms with Crippen LogP contribution in [0.5, 0.6) is 0 Å². The zero-order chi connectivity index (χ0) is 11.5. The van der Waals surface area contributed by atoms with E-state index in [9.17, 15) is 4.79 Å². The molecule has 0 unspecified atom stereocenters. The van der Waals surface area contributed by atoms with Crippen molar-refractivity contribution in [3.63, 3.8) is 0 Å². The van der Waals surface area contributed by atoms with Gasteiger partial charge >= 0.3 is 0 Å². The molecule has 7 nitrogen and oxygen atoms in total. The number of nitrogens with one attached hydrogen (secondary N) is 1. The van der Waals surface area contributed by atoms with Crippen LogP contribution in [0.2, 0.25) is 0 Å². The summed E-state index contributed by atoms with van der Waals surface area (Å²) in [5, 5.41) is 4.00. The van der Waals surface area contributed by atoms with Crippen molar-refractivity contribution < 1.29 is 4.79 Å². The predicted molar refractivity (Wildman–Crippen MR) is 57.7 cm³/mol. The van der Waals surface area contributed by atoms with E-state index in [4.69, 9.17) is 11.6 Å². The van der Waals surface area contributed by atoms with Gasteiger partial charge in [0.15, 0.2) is 0 Å². The van der Waals surface area contributed by atoms with E-state index in [0.29, 0.717) is 11.4 Å². The van der Waals surface area contributed by atoms with Crippen molar-refractivity contribution in [1.82, 2.24) is 14.8 Å². The van der Waals surface area contributed by atoms with E-state index in [1.807, 2.05) is 0 Å². The maximum Gasteiger partial charge on any atom is 0.251 e. The Labute approximate surface area is 91.0 Å². The van der Waals surface area contributed by atoms with Crippen molar-refractivity contribution in [2.45, 2.75) is 0 Å². The second-order valence-electron chi connectivity index (χ2n) is 3.08. The molecule has 16 heavy (non-hydrogen) atoms. The van der Waals surface area contributed by atoms with E-state index in [2.05, 4.69) is 15.5 Å². The first-order chi connectivity index (χ1) is 7.70. The third kappa shape index (κ3) is 1.84. The van der Waals surface area contributed by atoms with E-state index in [1.54, 1.807) is 18.3 Å². The number of carbonyl (C=O) groups excluding carboxylic acids is 1. The minimum absolute atomic E-state index is 0.346. The van der Waals surface area contributed by atoms with Crippen molar-refractivity contribution in [1.29, 1.82) is 0 Å². The number of pyridine rings is 1. The monoisotopic (exact) mass is 218 g/mol. The third-order valence-electron chi connectivity index (χ3n) is 2.02. The van der Waals surface area contributed by atoms with Gasteiger partial charge in [-0.2, -0.15) is 5.10 Å². The Morgan fingerprint density at radius 3 is 2.94 bits per heavy atom. The number of aromatic nitrogens is 3. The summed E-state index contributed by atoms with van der Waals surface area (Å²) < 4.78 is 1.52. The van der Waals surface area contributed by atoms with Crippen LogP contribution in [0.3, 0.4) is 0 Å². The lowest BCUT2D eigenvalue weighted by Gasteiger charge is -2.03. The molecule has 0 fully saturated rings. The molecule has 82 valence electrons. The zero-order valence-corrected chi connectivity index (χ0v) is 8.29. The van der Waals surface area contributed by atoms with Crippen molar-refractivity contribution in [2.24, 2.45) is 11.6 Å². The number of hydrogen-bond donors (Lipinski definition) is 3. The van der Waals surface area contributed by atoms with Crippen LogP contribution in [0.15, 0.2) is 30.7 Å². The Morgan fingerprint density at radius 2 is 2.31 bits per heavy atom. The standard InChI is InChI=1S/C9H10N6O/c10-9(16)6-4-13-15(5-6)7-1-2-12-8(3-7)14-11/h1-5H,11H2,(H2,10,16)(H,12,14). The number of amides is 1. The van der Waals surface area contributed by atoms with Gasteiger partial charge in [0.05, 0.1) is 17.4 Å². The molecular weight excluding hydrogens is 208 g/mol. The molecule has 0 aliphatic rings. The van der Waals surface area contributed by atoms with Crippen LogP contribution >= 0.6 is 0 Å². The number of nitrogen functional groups attached to an aromatic ring is 1. The Morgan fingerprint density at radius 1 is 1.50 bits per heavy atom. The number of hydrazine groups is 1. The summed E-state index contributed by atoms with van der Waals surface area (Å²) in [4.78, 5) is 14.8. The molecule has 0 aliphatic carbocycles. The van der Waals surface area contributed by atoms with Gasteiger partial charge in [0, 0.05) is 18.5 Å². The van der Waals surface area contributed by atoms with Crippen molar-refractivity contribution in [3.8, 4) is 5.69 Å². The van der Waals surface area contributed by atoms with Gasteiger partial charge in [-0.25, -0.2) is 15.5 Å². The maximum atomic E-state index is 10.9. The first kappa shape index (κ1) is 10.1.